The molecule has 0 spiro atoms. The number of hydrogen-bond acceptors (Lipinski definition) is 5. The first-order valence-electron chi connectivity index (χ1n) is 9.42. The number of aryl methyl sites for hydroxylation is 1. The number of piperidine rings is 1. The molecule has 3 rings (SSSR count). The van der Waals surface area contributed by atoms with Crippen LogP contribution < -0.4 is 16.6 Å². The number of nitrogens with one attached hydrogen (secondary N) is 2. The summed E-state index contributed by atoms with van der Waals surface area (Å²) >= 11 is 0. The van der Waals surface area contributed by atoms with Crippen LogP contribution in [0, 0.1) is 0 Å². The fraction of sp³-hybridized carbons (Fsp3) is 0.474. The van der Waals surface area contributed by atoms with E-state index in [9.17, 15) is 19.2 Å². The van der Waals surface area contributed by atoms with Gasteiger partial charge in [-0.05, 0) is 31.9 Å². The minimum absolute atomic E-state index is 0.0118. The van der Waals surface area contributed by atoms with Crippen LogP contribution in [-0.4, -0.2) is 52.2 Å². The highest BCUT2D eigenvalue weighted by Gasteiger charge is 2.24. The smallest absolute Gasteiger partial charge is 0.409 e. The molecule has 0 atom stereocenters. The number of para-hydroxylation sites is 1. The van der Waals surface area contributed by atoms with E-state index in [4.69, 9.17) is 4.74 Å². The van der Waals surface area contributed by atoms with Gasteiger partial charge in [-0.1, -0.05) is 12.1 Å². The molecule has 1 aromatic heterocycles. The van der Waals surface area contributed by atoms with Gasteiger partial charge in [-0.15, -0.1) is 0 Å². The lowest BCUT2D eigenvalue weighted by atomic mass is 10.1. The van der Waals surface area contributed by atoms with E-state index in [1.54, 1.807) is 36.1 Å². The quantitative estimate of drug-likeness (QED) is 0.787. The number of aromatic nitrogens is 2. The SMILES string of the molecule is CCOC(=O)N1CCC(NC(=O)CCn2c(=O)[nH]c(=O)c3ccccc32)CC1. The normalized spacial score (nSPS) is 14.8. The van der Waals surface area contributed by atoms with E-state index in [-0.39, 0.29) is 31.0 Å². The third-order valence-corrected chi connectivity index (χ3v) is 4.85. The van der Waals surface area contributed by atoms with Crippen LogP contribution in [0.5, 0.6) is 0 Å². The van der Waals surface area contributed by atoms with Gasteiger partial charge in [0.2, 0.25) is 5.91 Å². The van der Waals surface area contributed by atoms with Crippen LogP contribution in [0.2, 0.25) is 0 Å². The van der Waals surface area contributed by atoms with E-state index < -0.39 is 11.2 Å². The zero-order valence-electron chi connectivity index (χ0n) is 15.8. The number of likely N-dealkylation sites (tertiary alicyclic amines) is 1. The van der Waals surface area contributed by atoms with Gasteiger partial charge in [0.05, 0.1) is 17.5 Å². The molecule has 1 aliphatic heterocycles. The number of carbonyl (C=O) groups is 2. The minimum atomic E-state index is -0.528. The number of amides is 2. The van der Waals surface area contributed by atoms with Crippen molar-refractivity contribution in [1.82, 2.24) is 19.8 Å². The molecule has 2 heterocycles. The van der Waals surface area contributed by atoms with Crippen LogP contribution in [0.1, 0.15) is 26.2 Å². The lowest BCUT2D eigenvalue weighted by Gasteiger charge is -2.31. The Morgan fingerprint density at radius 2 is 1.93 bits per heavy atom. The van der Waals surface area contributed by atoms with Gasteiger partial charge in [0.15, 0.2) is 0 Å². The number of benzene rings is 1. The molecule has 2 aromatic rings. The van der Waals surface area contributed by atoms with Gasteiger partial charge in [-0.2, -0.15) is 0 Å². The summed E-state index contributed by atoms with van der Waals surface area (Å²) in [6.07, 6.45) is 1.11. The number of ether oxygens (including phenoxy) is 1. The molecule has 9 heteroatoms. The Hall–Kier alpha value is -3.10. The van der Waals surface area contributed by atoms with Crippen LogP contribution in [0.15, 0.2) is 33.9 Å². The summed E-state index contributed by atoms with van der Waals surface area (Å²) in [6, 6.07) is 6.79. The summed E-state index contributed by atoms with van der Waals surface area (Å²) < 4.78 is 6.38. The van der Waals surface area contributed by atoms with Gasteiger partial charge in [0.1, 0.15) is 0 Å². The Labute approximate surface area is 161 Å². The highest BCUT2D eigenvalue weighted by Crippen LogP contribution is 2.12. The third-order valence-electron chi connectivity index (χ3n) is 4.85. The summed E-state index contributed by atoms with van der Waals surface area (Å²) in [6.45, 7) is 3.35. The van der Waals surface area contributed by atoms with Crippen LogP contribution in [-0.2, 0) is 16.1 Å². The predicted molar refractivity (Wildman–Crippen MR) is 103 cm³/mol. The Morgan fingerprint density at radius 3 is 2.64 bits per heavy atom. The zero-order valence-corrected chi connectivity index (χ0v) is 15.8. The molecule has 1 aliphatic rings. The molecule has 28 heavy (non-hydrogen) atoms. The second kappa shape index (κ2) is 8.73. The molecule has 9 nitrogen and oxygen atoms in total. The van der Waals surface area contributed by atoms with Crippen molar-refractivity contribution in [2.75, 3.05) is 19.7 Å². The minimum Gasteiger partial charge on any atom is -0.450 e. The van der Waals surface area contributed by atoms with Crippen molar-refractivity contribution in [2.45, 2.75) is 38.8 Å². The zero-order chi connectivity index (χ0) is 20.1. The first-order chi connectivity index (χ1) is 13.5. The first-order valence-corrected chi connectivity index (χ1v) is 9.42. The number of aromatic amines is 1. The fourth-order valence-electron chi connectivity index (χ4n) is 3.40. The fourth-order valence-corrected chi connectivity index (χ4v) is 3.40. The molecule has 0 unspecified atom stereocenters. The van der Waals surface area contributed by atoms with Gasteiger partial charge in [-0.25, -0.2) is 9.59 Å². The van der Waals surface area contributed by atoms with Gasteiger partial charge >= 0.3 is 11.8 Å². The summed E-state index contributed by atoms with van der Waals surface area (Å²) in [5.74, 6) is -0.170. The van der Waals surface area contributed by atoms with Crippen molar-refractivity contribution in [3.05, 3.63) is 45.1 Å². The van der Waals surface area contributed by atoms with E-state index in [1.165, 1.54) is 4.57 Å². The second-order valence-electron chi connectivity index (χ2n) is 6.71. The molecular weight excluding hydrogens is 364 g/mol. The van der Waals surface area contributed by atoms with E-state index in [0.717, 1.165) is 0 Å². The van der Waals surface area contributed by atoms with Crippen LogP contribution >= 0.6 is 0 Å². The molecule has 1 aromatic carbocycles. The summed E-state index contributed by atoms with van der Waals surface area (Å²) in [4.78, 5) is 52.0. The summed E-state index contributed by atoms with van der Waals surface area (Å²) in [7, 11) is 0. The third kappa shape index (κ3) is 4.41. The molecule has 150 valence electrons. The molecule has 1 fully saturated rings. The average molecular weight is 388 g/mol. The van der Waals surface area contributed by atoms with Gasteiger partial charge in [0, 0.05) is 32.1 Å². The summed E-state index contributed by atoms with van der Waals surface area (Å²) in [5, 5.41) is 3.37. The van der Waals surface area contributed by atoms with Crippen molar-refractivity contribution in [3.8, 4) is 0 Å². The molecule has 1 saturated heterocycles. The maximum atomic E-state index is 12.3. The first kappa shape index (κ1) is 19.7. The van der Waals surface area contributed by atoms with Crippen LogP contribution in [0.3, 0.4) is 0 Å². The molecule has 0 bridgehead atoms. The Morgan fingerprint density at radius 1 is 1.21 bits per heavy atom. The highest BCUT2D eigenvalue weighted by molar-refractivity contribution is 5.79. The largest absolute Gasteiger partial charge is 0.450 e. The number of hydrogen-bond donors (Lipinski definition) is 2. The maximum absolute atomic E-state index is 12.3. The van der Waals surface area contributed by atoms with E-state index in [0.29, 0.717) is 43.4 Å². The number of nitrogens with zero attached hydrogens (tertiary/aromatic N) is 2. The van der Waals surface area contributed by atoms with Crippen molar-refractivity contribution < 1.29 is 14.3 Å². The highest BCUT2D eigenvalue weighted by atomic mass is 16.6. The van der Waals surface area contributed by atoms with Gasteiger partial charge in [-0.3, -0.25) is 19.1 Å². The number of H-pyrrole nitrogens is 1. The van der Waals surface area contributed by atoms with Crippen molar-refractivity contribution in [1.29, 1.82) is 0 Å². The Kier molecular flexibility index (Phi) is 6.13. The van der Waals surface area contributed by atoms with Crippen molar-refractivity contribution >= 4 is 22.9 Å². The lowest BCUT2D eigenvalue weighted by Crippen LogP contribution is -2.47. The predicted octanol–water partition coefficient (Wildman–Crippen LogP) is 0.817. The molecule has 0 aliphatic carbocycles. The van der Waals surface area contributed by atoms with E-state index in [2.05, 4.69) is 10.3 Å². The van der Waals surface area contributed by atoms with E-state index in [1.807, 2.05) is 0 Å². The van der Waals surface area contributed by atoms with Crippen molar-refractivity contribution in [2.24, 2.45) is 0 Å². The van der Waals surface area contributed by atoms with Gasteiger partial charge < -0.3 is 15.0 Å². The Balaban J connectivity index is 1.56. The lowest BCUT2D eigenvalue weighted by molar-refractivity contribution is -0.122. The monoisotopic (exact) mass is 388 g/mol. The Bertz CT molecular complexity index is 972. The summed E-state index contributed by atoms with van der Waals surface area (Å²) in [5.41, 5.74) is -0.458. The van der Waals surface area contributed by atoms with Gasteiger partial charge in [0.25, 0.3) is 5.56 Å². The standard InChI is InChI=1S/C19H24N4O5/c1-2-28-19(27)22-10-7-13(8-11-22)20-16(24)9-12-23-15-6-4-3-5-14(15)17(25)21-18(23)26/h3-6,13H,2,7-12H2,1H3,(H,20,24)(H,21,25,26). The number of rotatable bonds is 5. The molecular formula is C19H24N4O5. The number of carbonyl (C=O) groups excluding carboxylic acids is 2. The van der Waals surface area contributed by atoms with Crippen molar-refractivity contribution in [3.63, 3.8) is 0 Å². The molecule has 0 saturated carbocycles. The van der Waals surface area contributed by atoms with E-state index >= 15 is 0 Å². The van der Waals surface area contributed by atoms with Crippen LogP contribution in [0.25, 0.3) is 10.9 Å². The molecule has 0 radical (unpaired) electrons. The molecule has 2 N–H and O–H groups in total. The average Bonchev–Trinajstić information content (AvgIpc) is 2.68. The topological polar surface area (TPSA) is 114 Å². The van der Waals surface area contributed by atoms with Crippen LogP contribution in [0.4, 0.5) is 4.79 Å². The number of fused-ring (bicyclic) bond motifs is 1. The maximum Gasteiger partial charge on any atom is 0.409 e. The molecule has 2 amide bonds. The second-order valence-corrected chi connectivity index (χ2v) is 6.71.